The molecule has 0 bridgehead atoms. The summed E-state index contributed by atoms with van der Waals surface area (Å²) in [5.41, 5.74) is 1.95. The molecule has 0 aliphatic heterocycles. The number of hydrogen-bond acceptors (Lipinski definition) is 4. The molecular formula is C23H25FN2O4. The van der Waals surface area contributed by atoms with Crippen LogP contribution in [0.1, 0.15) is 42.1 Å². The minimum atomic E-state index is -0.454. The summed E-state index contributed by atoms with van der Waals surface area (Å²) in [6.45, 7) is 4.71. The van der Waals surface area contributed by atoms with E-state index in [2.05, 4.69) is 5.32 Å². The lowest BCUT2D eigenvalue weighted by molar-refractivity contribution is -0.148. The molecule has 2 aromatic rings. The maximum atomic E-state index is 13.0. The number of esters is 1. The van der Waals surface area contributed by atoms with Crippen molar-refractivity contribution in [2.45, 2.75) is 26.2 Å². The second-order valence-electron chi connectivity index (χ2n) is 7.21. The maximum Gasteiger partial charge on any atom is 0.310 e. The highest BCUT2D eigenvalue weighted by Gasteiger charge is 2.45. The fraction of sp³-hybridized carbons (Fsp3) is 0.348. The zero-order chi connectivity index (χ0) is 21.7. The van der Waals surface area contributed by atoms with Crippen molar-refractivity contribution in [2.75, 3.05) is 25.0 Å². The first-order chi connectivity index (χ1) is 14.4. The Bertz CT molecular complexity index is 908. The largest absolute Gasteiger partial charge is 0.455 e. The van der Waals surface area contributed by atoms with Gasteiger partial charge in [-0.1, -0.05) is 12.1 Å². The van der Waals surface area contributed by atoms with Crippen molar-refractivity contribution in [1.29, 1.82) is 0 Å². The van der Waals surface area contributed by atoms with Gasteiger partial charge in [-0.3, -0.25) is 14.4 Å². The number of nitrogens with one attached hydrogen (secondary N) is 1. The molecule has 3 rings (SSSR count). The predicted molar refractivity (Wildman–Crippen MR) is 111 cm³/mol. The van der Waals surface area contributed by atoms with Crippen molar-refractivity contribution in [3.63, 3.8) is 0 Å². The van der Waals surface area contributed by atoms with Crippen LogP contribution in [-0.2, 0) is 14.3 Å². The van der Waals surface area contributed by atoms with E-state index in [-0.39, 0.29) is 30.2 Å². The third-order valence-corrected chi connectivity index (χ3v) is 5.20. The average molecular weight is 412 g/mol. The summed E-state index contributed by atoms with van der Waals surface area (Å²) in [5.74, 6) is -1.55. The van der Waals surface area contributed by atoms with Gasteiger partial charge >= 0.3 is 5.97 Å². The molecule has 7 heteroatoms. The molecule has 1 N–H and O–H groups in total. The molecule has 2 aromatic carbocycles. The maximum absolute atomic E-state index is 13.0. The predicted octanol–water partition coefficient (Wildman–Crippen LogP) is 3.59. The van der Waals surface area contributed by atoms with Crippen molar-refractivity contribution in [1.82, 2.24) is 4.90 Å². The highest BCUT2D eigenvalue weighted by Crippen LogP contribution is 2.48. The SMILES string of the molecule is CCN(CC)C(=O)c1ccc(NC(=O)COC(=O)C2CC2c2ccc(F)cc2)cc1. The standard InChI is InChI=1S/C23H25FN2O4/c1-3-26(4-2)22(28)16-7-11-18(12-8-16)25-21(27)14-30-23(29)20-13-19(20)15-5-9-17(24)10-6-15/h5-12,19-20H,3-4,13-14H2,1-2H3,(H,25,27). The Labute approximate surface area is 175 Å². The number of halogens is 1. The van der Waals surface area contributed by atoms with Crippen LogP contribution in [0.15, 0.2) is 48.5 Å². The lowest BCUT2D eigenvalue weighted by Crippen LogP contribution is -2.30. The van der Waals surface area contributed by atoms with E-state index >= 15 is 0 Å². The van der Waals surface area contributed by atoms with Crippen LogP contribution in [-0.4, -0.2) is 42.4 Å². The third-order valence-electron chi connectivity index (χ3n) is 5.20. The summed E-state index contributed by atoms with van der Waals surface area (Å²) in [5, 5.41) is 2.65. The first-order valence-corrected chi connectivity index (χ1v) is 10.0. The highest BCUT2D eigenvalue weighted by atomic mass is 19.1. The zero-order valence-electron chi connectivity index (χ0n) is 17.1. The lowest BCUT2D eigenvalue weighted by Gasteiger charge is -2.18. The van der Waals surface area contributed by atoms with Crippen molar-refractivity contribution in [3.8, 4) is 0 Å². The first kappa shape index (κ1) is 21.5. The Morgan fingerprint density at radius 3 is 2.27 bits per heavy atom. The minimum Gasteiger partial charge on any atom is -0.455 e. The van der Waals surface area contributed by atoms with E-state index in [1.54, 1.807) is 41.3 Å². The minimum absolute atomic E-state index is 0.0112. The molecule has 2 atom stereocenters. The fourth-order valence-electron chi connectivity index (χ4n) is 3.36. The molecule has 1 aliphatic rings. The molecule has 30 heavy (non-hydrogen) atoms. The molecule has 1 fully saturated rings. The van der Waals surface area contributed by atoms with Crippen LogP contribution < -0.4 is 5.32 Å². The van der Waals surface area contributed by atoms with Crippen LogP contribution in [0.25, 0.3) is 0 Å². The van der Waals surface area contributed by atoms with E-state index in [4.69, 9.17) is 4.74 Å². The Hall–Kier alpha value is -3.22. The molecule has 1 aliphatic carbocycles. The molecule has 0 spiro atoms. The molecule has 6 nitrogen and oxygen atoms in total. The Morgan fingerprint density at radius 1 is 1.03 bits per heavy atom. The van der Waals surface area contributed by atoms with E-state index in [1.165, 1.54) is 12.1 Å². The van der Waals surface area contributed by atoms with E-state index < -0.39 is 11.9 Å². The molecule has 0 heterocycles. The number of anilines is 1. The van der Waals surface area contributed by atoms with Gasteiger partial charge in [0, 0.05) is 24.3 Å². The summed E-state index contributed by atoms with van der Waals surface area (Å²) in [4.78, 5) is 38.2. The van der Waals surface area contributed by atoms with Gasteiger partial charge in [0.25, 0.3) is 11.8 Å². The van der Waals surface area contributed by atoms with Crippen LogP contribution in [0.4, 0.5) is 10.1 Å². The summed E-state index contributed by atoms with van der Waals surface area (Å²) in [6, 6.07) is 12.6. The lowest BCUT2D eigenvalue weighted by atomic mass is 10.1. The van der Waals surface area contributed by atoms with Gasteiger partial charge in [-0.05, 0) is 68.1 Å². The number of hydrogen-bond donors (Lipinski definition) is 1. The molecule has 0 aromatic heterocycles. The van der Waals surface area contributed by atoms with Crippen molar-refractivity contribution >= 4 is 23.5 Å². The van der Waals surface area contributed by atoms with Gasteiger partial charge in [-0.2, -0.15) is 0 Å². The number of amides is 2. The third kappa shape index (κ3) is 5.23. The first-order valence-electron chi connectivity index (χ1n) is 10.0. The van der Waals surface area contributed by atoms with E-state index in [0.717, 1.165) is 5.56 Å². The molecule has 2 unspecified atom stereocenters. The van der Waals surface area contributed by atoms with Gasteiger partial charge in [0.2, 0.25) is 0 Å². The van der Waals surface area contributed by atoms with Crippen LogP contribution in [0, 0.1) is 11.7 Å². The van der Waals surface area contributed by atoms with Crippen molar-refractivity contribution in [2.24, 2.45) is 5.92 Å². The second-order valence-corrected chi connectivity index (χ2v) is 7.21. The summed E-state index contributed by atoms with van der Waals surface area (Å²) < 4.78 is 18.1. The van der Waals surface area contributed by atoms with Gasteiger partial charge in [0.1, 0.15) is 5.82 Å². The van der Waals surface area contributed by atoms with Gasteiger partial charge in [-0.15, -0.1) is 0 Å². The summed E-state index contributed by atoms with van der Waals surface area (Å²) >= 11 is 0. The normalized spacial score (nSPS) is 17.2. The number of carbonyl (C=O) groups is 3. The zero-order valence-corrected chi connectivity index (χ0v) is 17.1. The van der Waals surface area contributed by atoms with E-state index in [0.29, 0.717) is 30.8 Å². The van der Waals surface area contributed by atoms with Crippen LogP contribution in [0.2, 0.25) is 0 Å². The van der Waals surface area contributed by atoms with Gasteiger partial charge in [-0.25, -0.2) is 4.39 Å². The fourth-order valence-corrected chi connectivity index (χ4v) is 3.36. The molecule has 0 saturated heterocycles. The molecule has 158 valence electrons. The van der Waals surface area contributed by atoms with Crippen LogP contribution in [0.3, 0.4) is 0 Å². The number of benzene rings is 2. The highest BCUT2D eigenvalue weighted by molar-refractivity contribution is 5.96. The molecular weight excluding hydrogens is 387 g/mol. The molecule has 2 amide bonds. The number of ether oxygens (including phenoxy) is 1. The summed E-state index contributed by atoms with van der Waals surface area (Å²) in [7, 11) is 0. The van der Waals surface area contributed by atoms with Crippen molar-refractivity contribution in [3.05, 3.63) is 65.5 Å². The Kier molecular flexibility index (Phi) is 6.82. The molecule has 1 saturated carbocycles. The topological polar surface area (TPSA) is 75.7 Å². The van der Waals surface area contributed by atoms with Gasteiger partial charge in [0.05, 0.1) is 5.92 Å². The molecule has 0 radical (unpaired) electrons. The van der Waals surface area contributed by atoms with Crippen LogP contribution in [0.5, 0.6) is 0 Å². The quantitative estimate of drug-likeness (QED) is 0.673. The second kappa shape index (κ2) is 9.52. The van der Waals surface area contributed by atoms with E-state index in [9.17, 15) is 18.8 Å². The number of rotatable bonds is 8. The Balaban J connectivity index is 1.45. The van der Waals surface area contributed by atoms with Crippen LogP contribution >= 0.6 is 0 Å². The van der Waals surface area contributed by atoms with E-state index in [1.807, 2.05) is 13.8 Å². The van der Waals surface area contributed by atoms with Gasteiger partial charge < -0.3 is 15.0 Å². The van der Waals surface area contributed by atoms with Crippen molar-refractivity contribution < 1.29 is 23.5 Å². The van der Waals surface area contributed by atoms with Gasteiger partial charge in [0.15, 0.2) is 6.61 Å². The average Bonchev–Trinajstić information content (AvgIpc) is 3.55. The summed E-state index contributed by atoms with van der Waals surface area (Å²) in [6.07, 6.45) is 0.633. The monoisotopic (exact) mass is 412 g/mol. The smallest absolute Gasteiger partial charge is 0.310 e. The number of nitrogens with zero attached hydrogens (tertiary/aromatic N) is 1. The number of carbonyl (C=O) groups excluding carboxylic acids is 3. The Morgan fingerprint density at radius 2 is 1.67 bits per heavy atom.